The summed E-state index contributed by atoms with van der Waals surface area (Å²) < 4.78 is 5.45. The van der Waals surface area contributed by atoms with Gasteiger partial charge in [0.1, 0.15) is 5.60 Å². The lowest BCUT2D eigenvalue weighted by atomic mass is 9.87. The zero-order chi connectivity index (χ0) is 14.1. The van der Waals surface area contributed by atoms with Crippen LogP contribution in [0, 0.1) is 5.41 Å². The number of amides is 1. The first-order valence-corrected chi connectivity index (χ1v) is 6.76. The lowest BCUT2D eigenvalue weighted by molar-refractivity contribution is 0.0199. The summed E-state index contributed by atoms with van der Waals surface area (Å²) in [4.78, 5) is 14.0. The van der Waals surface area contributed by atoms with Crippen molar-refractivity contribution in [1.82, 2.24) is 4.90 Å². The fourth-order valence-electron chi connectivity index (χ4n) is 1.57. The summed E-state index contributed by atoms with van der Waals surface area (Å²) in [6.45, 7) is 12.5. The van der Waals surface area contributed by atoms with Crippen LogP contribution in [0.25, 0.3) is 0 Å². The van der Waals surface area contributed by atoms with Gasteiger partial charge in [0.25, 0.3) is 0 Å². The van der Waals surface area contributed by atoms with E-state index < -0.39 is 5.60 Å². The molecule has 1 atom stereocenters. The number of carbonyl (C=O) groups excluding carboxylic acids is 1. The molecule has 0 aromatic rings. The van der Waals surface area contributed by atoms with Gasteiger partial charge in [0, 0.05) is 18.6 Å². The molecule has 1 amide bonds. The highest BCUT2D eigenvalue weighted by molar-refractivity contribution is 5.69. The van der Waals surface area contributed by atoms with Crippen LogP contribution in [0.4, 0.5) is 4.79 Å². The maximum absolute atomic E-state index is 12.2. The van der Waals surface area contributed by atoms with Gasteiger partial charge in [0.05, 0.1) is 0 Å². The lowest BCUT2D eigenvalue weighted by Crippen LogP contribution is -2.49. The number of hydrogen-bond acceptors (Lipinski definition) is 3. The highest BCUT2D eigenvalue weighted by Gasteiger charge is 2.37. The molecule has 0 aromatic heterocycles. The van der Waals surface area contributed by atoms with Gasteiger partial charge in [0.15, 0.2) is 0 Å². The van der Waals surface area contributed by atoms with E-state index in [2.05, 4.69) is 20.8 Å². The normalized spacial score (nSPS) is 18.4. The molecule has 18 heavy (non-hydrogen) atoms. The standard InChI is InChI=1S/C14H28N2O2/c1-13(2,3)11(15)9-16(10-7-8-10)12(17)18-14(4,5)6/h10-11H,7-9,15H2,1-6H3. The minimum atomic E-state index is -0.448. The quantitative estimate of drug-likeness (QED) is 0.844. The third kappa shape index (κ3) is 4.84. The topological polar surface area (TPSA) is 55.6 Å². The molecule has 1 aliphatic rings. The van der Waals surface area contributed by atoms with E-state index in [4.69, 9.17) is 10.5 Å². The van der Waals surface area contributed by atoms with Crippen LogP contribution in [0.5, 0.6) is 0 Å². The Balaban J connectivity index is 2.63. The molecule has 0 spiro atoms. The molecule has 0 heterocycles. The second-order valence-corrected chi connectivity index (χ2v) is 7.34. The van der Waals surface area contributed by atoms with E-state index in [1.54, 1.807) is 4.90 Å². The van der Waals surface area contributed by atoms with Gasteiger partial charge < -0.3 is 15.4 Å². The third-order valence-electron chi connectivity index (χ3n) is 3.12. The van der Waals surface area contributed by atoms with E-state index in [0.717, 1.165) is 12.8 Å². The van der Waals surface area contributed by atoms with Gasteiger partial charge in [-0.2, -0.15) is 0 Å². The van der Waals surface area contributed by atoms with Gasteiger partial charge in [-0.25, -0.2) is 4.79 Å². The number of hydrogen-bond donors (Lipinski definition) is 1. The molecule has 1 fully saturated rings. The third-order valence-corrected chi connectivity index (χ3v) is 3.12. The van der Waals surface area contributed by atoms with Crippen molar-refractivity contribution in [3.05, 3.63) is 0 Å². The van der Waals surface area contributed by atoms with Crippen LogP contribution in [-0.4, -0.2) is 35.2 Å². The van der Waals surface area contributed by atoms with Gasteiger partial charge in [0.2, 0.25) is 0 Å². The Morgan fingerprint density at radius 1 is 1.28 bits per heavy atom. The van der Waals surface area contributed by atoms with Crippen LogP contribution in [0.15, 0.2) is 0 Å². The lowest BCUT2D eigenvalue weighted by Gasteiger charge is -2.34. The Hall–Kier alpha value is -0.770. The van der Waals surface area contributed by atoms with Crippen molar-refractivity contribution in [1.29, 1.82) is 0 Å². The van der Waals surface area contributed by atoms with Crippen molar-refractivity contribution in [2.75, 3.05) is 6.54 Å². The average molecular weight is 256 g/mol. The minimum absolute atomic E-state index is 0.00481. The average Bonchev–Trinajstić information content (AvgIpc) is 2.91. The molecule has 2 N–H and O–H groups in total. The summed E-state index contributed by atoms with van der Waals surface area (Å²) in [5, 5.41) is 0. The summed E-state index contributed by atoms with van der Waals surface area (Å²) in [7, 11) is 0. The molecule has 0 bridgehead atoms. The Morgan fingerprint density at radius 2 is 1.78 bits per heavy atom. The van der Waals surface area contributed by atoms with Crippen molar-refractivity contribution in [2.45, 2.75) is 72.1 Å². The maximum Gasteiger partial charge on any atom is 0.410 e. The Morgan fingerprint density at radius 3 is 2.11 bits per heavy atom. The molecule has 4 heteroatoms. The highest BCUT2D eigenvalue weighted by Crippen LogP contribution is 2.30. The molecule has 1 saturated carbocycles. The molecule has 106 valence electrons. The van der Waals surface area contributed by atoms with Crippen molar-refractivity contribution in [2.24, 2.45) is 11.1 Å². The molecule has 1 rings (SSSR count). The summed E-state index contributed by atoms with van der Waals surface area (Å²) in [6.07, 6.45) is 1.90. The van der Waals surface area contributed by atoms with Gasteiger partial charge in [-0.05, 0) is 39.0 Å². The predicted molar refractivity (Wildman–Crippen MR) is 73.4 cm³/mol. The molecular weight excluding hydrogens is 228 g/mol. The van der Waals surface area contributed by atoms with E-state index in [0.29, 0.717) is 12.6 Å². The fraction of sp³-hybridized carbons (Fsp3) is 0.929. The summed E-state index contributed by atoms with van der Waals surface area (Å²) >= 11 is 0. The second-order valence-electron chi connectivity index (χ2n) is 7.34. The molecule has 0 saturated heterocycles. The van der Waals surface area contributed by atoms with Crippen LogP contribution < -0.4 is 5.73 Å². The number of rotatable bonds is 3. The molecule has 0 radical (unpaired) electrons. The van der Waals surface area contributed by atoms with E-state index in [9.17, 15) is 4.79 Å². The number of ether oxygens (including phenoxy) is 1. The SMILES string of the molecule is CC(C)(C)OC(=O)N(CC(N)C(C)(C)C)C1CC1. The summed E-state index contributed by atoms with van der Waals surface area (Å²) in [5.74, 6) is 0. The highest BCUT2D eigenvalue weighted by atomic mass is 16.6. The maximum atomic E-state index is 12.2. The Bertz CT molecular complexity index is 298. The molecule has 1 unspecified atom stereocenters. The molecule has 0 aliphatic heterocycles. The van der Waals surface area contributed by atoms with Gasteiger partial charge >= 0.3 is 6.09 Å². The molecule has 0 aromatic carbocycles. The van der Waals surface area contributed by atoms with Crippen LogP contribution in [0.2, 0.25) is 0 Å². The Kier molecular flexibility index (Phi) is 4.31. The summed E-state index contributed by atoms with van der Waals surface area (Å²) in [5.41, 5.74) is 5.72. The van der Waals surface area contributed by atoms with E-state index in [1.807, 2.05) is 20.8 Å². The van der Waals surface area contributed by atoms with Crippen molar-refractivity contribution < 1.29 is 9.53 Å². The second kappa shape index (κ2) is 5.08. The van der Waals surface area contributed by atoms with Crippen molar-refractivity contribution in [3.63, 3.8) is 0 Å². The molecule has 4 nitrogen and oxygen atoms in total. The monoisotopic (exact) mass is 256 g/mol. The van der Waals surface area contributed by atoms with Gasteiger partial charge in [-0.1, -0.05) is 20.8 Å². The first kappa shape index (κ1) is 15.3. The molecule has 1 aliphatic carbocycles. The van der Waals surface area contributed by atoms with E-state index in [-0.39, 0.29) is 17.6 Å². The summed E-state index contributed by atoms with van der Waals surface area (Å²) in [6, 6.07) is 0.291. The molecular formula is C14H28N2O2. The smallest absolute Gasteiger partial charge is 0.410 e. The minimum Gasteiger partial charge on any atom is -0.444 e. The van der Waals surface area contributed by atoms with Gasteiger partial charge in [-0.15, -0.1) is 0 Å². The van der Waals surface area contributed by atoms with Gasteiger partial charge in [-0.3, -0.25) is 0 Å². The number of nitrogens with zero attached hydrogens (tertiary/aromatic N) is 1. The van der Waals surface area contributed by atoms with E-state index >= 15 is 0 Å². The fourth-order valence-corrected chi connectivity index (χ4v) is 1.57. The first-order valence-electron chi connectivity index (χ1n) is 6.76. The van der Waals surface area contributed by atoms with Crippen LogP contribution in [0.3, 0.4) is 0 Å². The largest absolute Gasteiger partial charge is 0.444 e. The zero-order valence-electron chi connectivity index (χ0n) is 12.6. The Labute approximate surface area is 111 Å². The predicted octanol–water partition coefficient (Wildman–Crippen LogP) is 2.76. The van der Waals surface area contributed by atoms with Crippen molar-refractivity contribution in [3.8, 4) is 0 Å². The number of carbonyl (C=O) groups is 1. The van der Waals surface area contributed by atoms with Crippen molar-refractivity contribution >= 4 is 6.09 Å². The van der Waals surface area contributed by atoms with Crippen LogP contribution >= 0.6 is 0 Å². The van der Waals surface area contributed by atoms with Crippen LogP contribution in [0.1, 0.15) is 54.4 Å². The number of nitrogens with two attached hydrogens (primary N) is 1. The van der Waals surface area contributed by atoms with E-state index in [1.165, 1.54) is 0 Å². The van der Waals surface area contributed by atoms with Crippen LogP contribution in [-0.2, 0) is 4.74 Å². The zero-order valence-corrected chi connectivity index (χ0v) is 12.6. The first-order chi connectivity index (χ1) is 8.00.